The Bertz CT molecular complexity index is 1490. The van der Waals surface area contributed by atoms with Gasteiger partial charge in [0, 0.05) is 28.8 Å². The Balaban J connectivity index is 1.75. The molecule has 9 heteroatoms. The van der Waals surface area contributed by atoms with Crippen LogP contribution in [-0.4, -0.2) is 10.9 Å². The molecule has 0 amide bonds. The molecule has 4 rings (SSSR count). The second-order valence-electron chi connectivity index (χ2n) is 6.82. The summed E-state index contributed by atoms with van der Waals surface area (Å²) in [4.78, 5) is 36.0. The van der Waals surface area contributed by atoms with Crippen molar-refractivity contribution in [2.45, 2.75) is 0 Å². The lowest BCUT2D eigenvalue weighted by atomic mass is 10.1. The summed E-state index contributed by atoms with van der Waals surface area (Å²) in [6.07, 6.45) is 2.40. The lowest BCUT2D eigenvalue weighted by Gasteiger charge is -2.11. The first-order chi connectivity index (χ1) is 15.8. The van der Waals surface area contributed by atoms with Crippen LogP contribution in [0.5, 0.6) is 5.75 Å². The SMILES string of the molecule is O=C(C=Cc1cccc([N+](=O)[O-])c1)Oc1c(-c2ccc(Cl)cc2Cl)oc2ccccc2c1=O. The highest BCUT2D eigenvalue weighted by molar-refractivity contribution is 6.36. The van der Waals surface area contributed by atoms with E-state index in [9.17, 15) is 19.7 Å². The molecule has 0 spiro atoms. The van der Waals surface area contributed by atoms with Crippen molar-refractivity contribution >= 4 is 51.9 Å². The van der Waals surface area contributed by atoms with E-state index in [0.717, 1.165) is 6.08 Å². The third-order valence-corrected chi connectivity index (χ3v) is 5.18. The number of carbonyl (C=O) groups excluding carboxylic acids is 1. The molecule has 1 heterocycles. The average Bonchev–Trinajstić information content (AvgIpc) is 2.80. The molecule has 0 saturated carbocycles. The van der Waals surface area contributed by atoms with Crippen molar-refractivity contribution in [2.75, 3.05) is 0 Å². The number of carbonyl (C=O) groups is 1. The Labute approximate surface area is 196 Å². The predicted octanol–water partition coefficient (Wildman–Crippen LogP) is 6.29. The summed E-state index contributed by atoms with van der Waals surface area (Å²) in [6.45, 7) is 0. The van der Waals surface area contributed by atoms with Crippen LogP contribution in [0.2, 0.25) is 10.0 Å². The van der Waals surface area contributed by atoms with Gasteiger partial charge in [-0.25, -0.2) is 4.79 Å². The van der Waals surface area contributed by atoms with Crippen LogP contribution in [0.15, 0.2) is 82.0 Å². The Morgan fingerprint density at radius 2 is 1.82 bits per heavy atom. The zero-order valence-electron chi connectivity index (χ0n) is 16.7. The number of nitro benzene ring substituents is 1. The van der Waals surface area contributed by atoms with Crippen LogP contribution in [0, 0.1) is 10.1 Å². The number of hydrogen-bond donors (Lipinski definition) is 0. The van der Waals surface area contributed by atoms with Gasteiger partial charge in [0.15, 0.2) is 5.76 Å². The number of ether oxygens (including phenoxy) is 1. The van der Waals surface area contributed by atoms with Crippen molar-refractivity contribution in [1.82, 2.24) is 0 Å². The molecule has 0 aliphatic carbocycles. The van der Waals surface area contributed by atoms with Crippen LogP contribution in [0.3, 0.4) is 0 Å². The van der Waals surface area contributed by atoms with E-state index in [4.69, 9.17) is 32.4 Å². The highest BCUT2D eigenvalue weighted by Crippen LogP contribution is 2.36. The molecule has 0 fully saturated rings. The number of nitrogens with zero attached hydrogens (tertiary/aromatic N) is 1. The third-order valence-electron chi connectivity index (χ3n) is 4.63. The first-order valence-electron chi connectivity index (χ1n) is 9.49. The topological polar surface area (TPSA) is 99.7 Å². The molecular formula is C24H13Cl2NO6. The fourth-order valence-electron chi connectivity index (χ4n) is 3.11. The Morgan fingerprint density at radius 3 is 2.58 bits per heavy atom. The van der Waals surface area contributed by atoms with E-state index >= 15 is 0 Å². The minimum atomic E-state index is -0.879. The van der Waals surface area contributed by atoms with Gasteiger partial charge in [-0.1, -0.05) is 47.5 Å². The molecule has 0 saturated heterocycles. The van der Waals surface area contributed by atoms with Crippen LogP contribution in [-0.2, 0) is 4.79 Å². The maximum absolute atomic E-state index is 13.1. The van der Waals surface area contributed by atoms with Gasteiger partial charge in [-0.15, -0.1) is 0 Å². The minimum Gasteiger partial charge on any atom is -0.452 e. The lowest BCUT2D eigenvalue weighted by Crippen LogP contribution is -2.14. The van der Waals surface area contributed by atoms with Gasteiger partial charge in [-0.3, -0.25) is 14.9 Å². The summed E-state index contributed by atoms with van der Waals surface area (Å²) in [6, 6.07) is 16.8. The fourth-order valence-corrected chi connectivity index (χ4v) is 3.60. The van der Waals surface area contributed by atoms with E-state index in [1.165, 1.54) is 30.3 Å². The van der Waals surface area contributed by atoms with E-state index in [1.54, 1.807) is 42.5 Å². The molecule has 0 aliphatic heterocycles. The molecule has 33 heavy (non-hydrogen) atoms. The summed E-state index contributed by atoms with van der Waals surface area (Å²) < 4.78 is 11.2. The molecule has 0 radical (unpaired) electrons. The van der Waals surface area contributed by atoms with E-state index in [0.29, 0.717) is 16.1 Å². The smallest absolute Gasteiger partial charge is 0.336 e. The van der Waals surface area contributed by atoms with Gasteiger partial charge in [-0.05, 0) is 42.0 Å². The molecule has 0 unspecified atom stereocenters. The zero-order valence-corrected chi connectivity index (χ0v) is 18.2. The van der Waals surface area contributed by atoms with Gasteiger partial charge in [-0.2, -0.15) is 0 Å². The van der Waals surface area contributed by atoms with Gasteiger partial charge in [0.25, 0.3) is 5.69 Å². The van der Waals surface area contributed by atoms with E-state index in [-0.39, 0.29) is 33.2 Å². The highest BCUT2D eigenvalue weighted by atomic mass is 35.5. The minimum absolute atomic E-state index is 0.0301. The number of fused-ring (bicyclic) bond motifs is 1. The number of rotatable bonds is 5. The number of nitro groups is 1. The summed E-state index contributed by atoms with van der Waals surface area (Å²) in [5.74, 6) is -1.25. The van der Waals surface area contributed by atoms with Crippen LogP contribution < -0.4 is 10.2 Å². The monoisotopic (exact) mass is 481 g/mol. The van der Waals surface area contributed by atoms with Crippen molar-refractivity contribution < 1.29 is 18.9 Å². The number of esters is 1. The number of non-ortho nitro benzene ring substituents is 1. The van der Waals surface area contributed by atoms with Gasteiger partial charge in [0.2, 0.25) is 11.2 Å². The molecule has 0 N–H and O–H groups in total. The third kappa shape index (κ3) is 4.79. The standard InChI is InChI=1S/C24H13Cl2NO6/c25-15-9-10-17(19(26)13-15)23-24(22(29)18-6-1-2-7-20(18)32-23)33-21(28)11-8-14-4-3-5-16(12-14)27(30)31/h1-13H. The van der Waals surface area contributed by atoms with Gasteiger partial charge in [0.05, 0.1) is 15.3 Å². The van der Waals surface area contributed by atoms with Crippen molar-refractivity contribution in [3.8, 4) is 17.1 Å². The average molecular weight is 482 g/mol. The lowest BCUT2D eigenvalue weighted by molar-refractivity contribution is -0.384. The van der Waals surface area contributed by atoms with E-state index < -0.39 is 16.3 Å². The zero-order chi connectivity index (χ0) is 23.5. The number of benzene rings is 3. The second kappa shape index (κ2) is 9.28. The Morgan fingerprint density at radius 1 is 1.03 bits per heavy atom. The molecule has 3 aromatic carbocycles. The largest absolute Gasteiger partial charge is 0.452 e. The Kier molecular flexibility index (Phi) is 6.26. The van der Waals surface area contributed by atoms with Crippen LogP contribution >= 0.6 is 23.2 Å². The van der Waals surface area contributed by atoms with Crippen LogP contribution in [0.25, 0.3) is 28.4 Å². The molecule has 0 atom stereocenters. The summed E-state index contributed by atoms with van der Waals surface area (Å²) in [5, 5.41) is 11.7. The normalized spacial score (nSPS) is 11.1. The molecule has 7 nitrogen and oxygen atoms in total. The van der Waals surface area contributed by atoms with Crippen molar-refractivity contribution in [3.05, 3.63) is 109 Å². The maximum atomic E-state index is 13.1. The van der Waals surface area contributed by atoms with Crippen LogP contribution in [0.1, 0.15) is 5.56 Å². The molecule has 4 aromatic rings. The van der Waals surface area contributed by atoms with Crippen LogP contribution in [0.4, 0.5) is 5.69 Å². The molecule has 1 aromatic heterocycles. The van der Waals surface area contributed by atoms with Crippen molar-refractivity contribution in [3.63, 3.8) is 0 Å². The van der Waals surface area contributed by atoms with E-state index in [1.807, 2.05) is 0 Å². The number of halogens is 2. The van der Waals surface area contributed by atoms with Crippen molar-refractivity contribution in [1.29, 1.82) is 0 Å². The molecular weight excluding hydrogens is 469 g/mol. The molecule has 164 valence electrons. The second-order valence-corrected chi connectivity index (χ2v) is 7.66. The first kappa shape index (κ1) is 22.3. The highest BCUT2D eigenvalue weighted by Gasteiger charge is 2.21. The Hall–Kier alpha value is -3.94. The van der Waals surface area contributed by atoms with Gasteiger partial charge < -0.3 is 9.15 Å². The summed E-state index contributed by atoms with van der Waals surface area (Å²) in [7, 11) is 0. The molecule has 0 bridgehead atoms. The fraction of sp³-hybridized carbons (Fsp3) is 0. The number of para-hydroxylation sites is 1. The van der Waals surface area contributed by atoms with Gasteiger partial charge >= 0.3 is 5.97 Å². The first-order valence-corrected chi connectivity index (χ1v) is 10.2. The molecule has 0 aliphatic rings. The van der Waals surface area contributed by atoms with Crippen molar-refractivity contribution in [2.24, 2.45) is 0 Å². The predicted molar refractivity (Wildman–Crippen MR) is 126 cm³/mol. The van der Waals surface area contributed by atoms with E-state index in [2.05, 4.69) is 0 Å². The summed E-state index contributed by atoms with van der Waals surface area (Å²) >= 11 is 12.3. The summed E-state index contributed by atoms with van der Waals surface area (Å²) in [5.41, 5.74) is 0.327. The van der Waals surface area contributed by atoms with Gasteiger partial charge in [0.1, 0.15) is 5.58 Å². The maximum Gasteiger partial charge on any atom is 0.336 e. The quantitative estimate of drug-likeness (QED) is 0.143. The number of hydrogen-bond acceptors (Lipinski definition) is 6.